The van der Waals surface area contributed by atoms with Crippen LogP contribution in [-0.4, -0.2) is 4.98 Å². The minimum Gasteiger partial charge on any atom is -0.472 e. The van der Waals surface area contributed by atoms with Crippen LogP contribution in [0.3, 0.4) is 0 Å². The van der Waals surface area contributed by atoms with Gasteiger partial charge in [-0.15, -0.1) is 0 Å². The van der Waals surface area contributed by atoms with Gasteiger partial charge < -0.3 is 4.74 Å². The Morgan fingerprint density at radius 2 is 1.72 bits per heavy atom. The third-order valence-electron chi connectivity index (χ3n) is 2.80. The third-order valence-corrected chi connectivity index (χ3v) is 2.80. The van der Waals surface area contributed by atoms with Crippen LogP contribution in [-0.2, 0) is 6.61 Å². The van der Waals surface area contributed by atoms with E-state index in [9.17, 15) is 0 Å². The van der Waals surface area contributed by atoms with E-state index >= 15 is 0 Å². The van der Waals surface area contributed by atoms with Crippen molar-refractivity contribution in [1.82, 2.24) is 4.98 Å². The summed E-state index contributed by atoms with van der Waals surface area (Å²) in [6.45, 7) is 0.523. The first kappa shape index (κ1) is 10.8. The fraction of sp³-hybridized carbons (Fsp3) is 0.0625. The molecule has 0 saturated heterocycles. The van der Waals surface area contributed by atoms with Gasteiger partial charge in [0.25, 0.3) is 0 Å². The summed E-state index contributed by atoms with van der Waals surface area (Å²) in [6, 6.07) is 20.0. The lowest BCUT2D eigenvalue weighted by atomic mass is 10.2. The highest BCUT2D eigenvalue weighted by molar-refractivity contribution is 5.86. The molecule has 0 aliphatic heterocycles. The Hall–Kier alpha value is -2.35. The van der Waals surface area contributed by atoms with Crippen LogP contribution < -0.4 is 4.74 Å². The maximum Gasteiger partial charge on any atom is 0.222 e. The summed E-state index contributed by atoms with van der Waals surface area (Å²) in [5, 5.41) is 2.11. The number of benzene rings is 2. The maximum atomic E-state index is 5.76. The number of fused-ring (bicyclic) bond motifs is 1. The van der Waals surface area contributed by atoms with Crippen LogP contribution in [0.1, 0.15) is 5.56 Å². The summed E-state index contributed by atoms with van der Waals surface area (Å²) in [5.74, 6) is 0.636. The van der Waals surface area contributed by atoms with Gasteiger partial charge in [-0.05, 0) is 23.1 Å². The Bertz CT molecular complexity index is 644. The Morgan fingerprint density at radius 1 is 0.944 bits per heavy atom. The first-order chi connectivity index (χ1) is 8.93. The predicted molar refractivity (Wildman–Crippen MR) is 71.4 cm³/mol. The number of hydrogen-bond acceptors (Lipinski definition) is 2. The van der Waals surface area contributed by atoms with Gasteiger partial charge in [0, 0.05) is 5.39 Å². The number of pyridine rings is 1. The highest BCUT2D eigenvalue weighted by Crippen LogP contribution is 2.22. The largest absolute Gasteiger partial charge is 0.472 e. The number of nitrogens with zero attached hydrogens (tertiary/aromatic N) is 1. The van der Waals surface area contributed by atoms with E-state index in [1.165, 1.54) is 0 Å². The summed E-state index contributed by atoms with van der Waals surface area (Å²) in [7, 11) is 0. The Labute approximate surface area is 106 Å². The fourth-order valence-electron chi connectivity index (χ4n) is 1.87. The summed E-state index contributed by atoms with van der Waals surface area (Å²) in [4.78, 5) is 4.17. The molecule has 2 heteroatoms. The van der Waals surface area contributed by atoms with E-state index in [0.717, 1.165) is 16.3 Å². The SMILES string of the molecule is [c]1cc2ccccc2c(OCc2ccccc2)n1. The van der Waals surface area contributed by atoms with E-state index < -0.39 is 0 Å². The highest BCUT2D eigenvalue weighted by Gasteiger charge is 2.03. The second-order valence-electron chi connectivity index (χ2n) is 4.05. The van der Waals surface area contributed by atoms with Gasteiger partial charge in [-0.25, -0.2) is 4.98 Å². The molecule has 0 saturated carbocycles. The molecule has 0 atom stereocenters. The van der Waals surface area contributed by atoms with Gasteiger partial charge in [-0.3, -0.25) is 0 Å². The molecule has 1 heterocycles. The molecule has 2 nitrogen and oxygen atoms in total. The van der Waals surface area contributed by atoms with E-state index in [-0.39, 0.29) is 0 Å². The minimum absolute atomic E-state index is 0.523. The van der Waals surface area contributed by atoms with Gasteiger partial charge in [-0.1, -0.05) is 48.5 Å². The molecule has 1 aromatic heterocycles. The molecule has 0 aliphatic carbocycles. The molecule has 18 heavy (non-hydrogen) atoms. The number of aromatic nitrogens is 1. The third kappa shape index (κ3) is 2.18. The van der Waals surface area contributed by atoms with E-state index in [2.05, 4.69) is 11.2 Å². The molecule has 87 valence electrons. The van der Waals surface area contributed by atoms with Crippen LogP contribution in [0.25, 0.3) is 10.8 Å². The van der Waals surface area contributed by atoms with Crippen LogP contribution >= 0.6 is 0 Å². The summed E-state index contributed by atoms with van der Waals surface area (Å²) in [6.07, 6.45) is 2.87. The molecule has 0 spiro atoms. The Kier molecular flexibility index (Phi) is 2.92. The summed E-state index contributed by atoms with van der Waals surface area (Å²) in [5.41, 5.74) is 1.13. The number of hydrogen-bond donors (Lipinski definition) is 0. The van der Waals surface area contributed by atoms with Crippen molar-refractivity contribution >= 4 is 10.8 Å². The maximum absolute atomic E-state index is 5.76. The molecule has 1 radical (unpaired) electrons. The molecule has 3 rings (SSSR count). The van der Waals surface area contributed by atoms with Gasteiger partial charge in [-0.2, -0.15) is 0 Å². The predicted octanol–water partition coefficient (Wildman–Crippen LogP) is 3.61. The molecule has 0 N–H and O–H groups in total. The lowest BCUT2D eigenvalue weighted by molar-refractivity contribution is 0.298. The van der Waals surface area contributed by atoms with Crippen LogP contribution in [0.15, 0.2) is 60.7 Å². The standard InChI is InChI=1S/C16H12NO/c1-2-6-13(7-3-1)12-18-16-15-9-5-4-8-14(15)10-11-17-16/h1-10H,12H2. The van der Waals surface area contributed by atoms with Crippen LogP contribution in [0.4, 0.5) is 0 Å². The summed E-state index contributed by atoms with van der Waals surface area (Å²) >= 11 is 0. The molecule has 0 amide bonds. The first-order valence-electron chi connectivity index (χ1n) is 5.86. The van der Waals surface area contributed by atoms with E-state index in [4.69, 9.17) is 4.74 Å². The molecule has 3 aromatic rings. The normalized spacial score (nSPS) is 10.4. The van der Waals surface area contributed by atoms with E-state index in [0.29, 0.717) is 12.5 Å². The summed E-state index contributed by atoms with van der Waals surface area (Å²) < 4.78 is 5.76. The average Bonchev–Trinajstić information content (AvgIpc) is 2.46. The zero-order chi connectivity index (χ0) is 12.2. The first-order valence-corrected chi connectivity index (χ1v) is 5.86. The van der Waals surface area contributed by atoms with Crippen LogP contribution in [0, 0.1) is 6.20 Å². The molecule has 0 aliphatic rings. The van der Waals surface area contributed by atoms with Gasteiger partial charge in [0.05, 0.1) is 6.20 Å². The molecule has 0 fully saturated rings. The Morgan fingerprint density at radius 3 is 2.61 bits per heavy atom. The van der Waals surface area contributed by atoms with Crippen molar-refractivity contribution in [2.45, 2.75) is 6.61 Å². The van der Waals surface area contributed by atoms with Crippen molar-refractivity contribution in [2.24, 2.45) is 0 Å². The van der Waals surface area contributed by atoms with E-state index in [1.807, 2.05) is 60.7 Å². The van der Waals surface area contributed by atoms with Gasteiger partial charge >= 0.3 is 0 Å². The smallest absolute Gasteiger partial charge is 0.222 e. The van der Waals surface area contributed by atoms with Gasteiger partial charge in [0.1, 0.15) is 6.61 Å². The topological polar surface area (TPSA) is 22.1 Å². The van der Waals surface area contributed by atoms with Crippen molar-refractivity contribution in [2.75, 3.05) is 0 Å². The lowest BCUT2D eigenvalue weighted by Crippen LogP contribution is -1.97. The lowest BCUT2D eigenvalue weighted by Gasteiger charge is -2.07. The van der Waals surface area contributed by atoms with Gasteiger partial charge in [0.15, 0.2) is 0 Å². The molecular weight excluding hydrogens is 222 g/mol. The zero-order valence-corrected chi connectivity index (χ0v) is 9.84. The average molecular weight is 234 g/mol. The fourth-order valence-corrected chi connectivity index (χ4v) is 1.87. The van der Waals surface area contributed by atoms with Crippen LogP contribution in [0.2, 0.25) is 0 Å². The van der Waals surface area contributed by atoms with Crippen molar-refractivity contribution in [3.05, 3.63) is 72.4 Å². The number of rotatable bonds is 3. The molecule has 2 aromatic carbocycles. The second kappa shape index (κ2) is 4.88. The van der Waals surface area contributed by atoms with Crippen molar-refractivity contribution < 1.29 is 4.74 Å². The minimum atomic E-state index is 0.523. The zero-order valence-electron chi connectivity index (χ0n) is 9.84. The molecule has 0 unspecified atom stereocenters. The van der Waals surface area contributed by atoms with Crippen molar-refractivity contribution in [1.29, 1.82) is 0 Å². The molecule has 0 bridgehead atoms. The quantitative estimate of drug-likeness (QED) is 0.690. The van der Waals surface area contributed by atoms with E-state index in [1.54, 1.807) is 0 Å². The number of ether oxygens (including phenoxy) is 1. The monoisotopic (exact) mass is 234 g/mol. The highest BCUT2D eigenvalue weighted by atomic mass is 16.5. The Balaban J connectivity index is 1.87. The van der Waals surface area contributed by atoms with Crippen molar-refractivity contribution in [3.63, 3.8) is 0 Å². The van der Waals surface area contributed by atoms with Gasteiger partial charge in [0.2, 0.25) is 5.88 Å². The molecular formula is C16H12NO. The van der Waals surface area contributed by atoms with Crippen LogP contribution in [0.5, 0.6) is 5.88 Å². The second-order valence-corrected chi connectivity index (χ2v) is 4.05. The van der Waals surface area contributed by atoms with Crippen molar-refractivity contribution in [3.8, 4) is 5.88 Å².